The zero-order chi connectivity index (χ0) is 9.62. The lowest BCUT2D eigenvalue weighted by Crippen LogP contribution is -2.24. The fraction of sp³-hybridized carbons (Fsp3) is 0.867. The zero-order valence-corrected chi connectivity index (χ0v) is 9.36. The first-order valence-corrected chi connectivity index (χ1v) is 7.06. The Kier molecular flexibility index (Phi) is 1.17. The minimum Gasteiger partial charge on any atom is -0.0876 e. The number of hydrogen-bond acceptors (Lipinski definition) is 0. The van der Waals surface area contributed by atoms with Gasteiger partial charge in [0.2, 0.25) is 0 Å². The lowest BCUT2D eigenvalue weighted by molar-refractivity contribution is 0.195. The molecule has 6 rings (SSSR count). The van der Waals surface area contributed by atoms with Crippen molar-refractivity contribution in [2.45, 2.75) is 38.5 Å². The number of hydrogen-bond donors (Lipinski definition) is 0. The van der Waals surface area contributed by atoms with Gasteiger partial charge in [-0.15, -0.1) is 0 Å². The minimum atomic E-state index is 0.852. The molecule has 5 saturated carbocycles. The van der Waals surface area contributed by atoms with Crippen molar-refractivity contribution in [2.24, 2.45) is 40.9 Å². The summed E-state index contributed by atoms with van der Waals surface area (Å²) in [5, 5.41) is 0. The molecule has 5 fully saturated rings. The second kappa shape index (κ2) is 2.21. The van der Waals surface area contributed by atoms with E-state index in [2.05, 4.69) is 12.2 Å². The van der Waals surface area contributed by atoms with Crippen LogP contribution in [0.25, 0.3) is 0 Å². The Labute approximate surface area is 92.1 Å². The summed E-state index contributed by atoms with van der Waals surface area (Å²) in [6.45, 7) is 0. The van der Waals surface area contributed by atoms with Crippen LogP contribution in [0.1, 0.15) is 38.5 Å². The highest BCUT2D eigenvalue weighted by Gasteiger charge is 2.75. The predicted octanol–water partition coefficient (Wildman–Crippen LogP) is 3.63. The summed E-state index contributed by atoms with van der Waals surface area (Å²) in [6.07, 6.45) is 14.6. The Bertz CT molecular complexity index is 355. The summed E-state index contributed by atoms with van der Waals surface area (Å²) in [7, 11) is 0. The van der Waals surface area contributed by atoms with Gasteiger partial charge in [-0.05, 0) is 73.0 Å². The van der Waals surface area contributed by atoms with Gasteiger partial charge in [-0.1, -0.05) is 18.6 Å². The number of rotatable bonds is 0. The topological polar surface area (TPSA) is 0 Å². The van der Waals surface area contributed by atoms with E-state index >= 15 is 0 Å². The predicted molar refractivity (Wildman–Crippen MR) is 60.2 cm³/mol. The van der Waals surface area contributed by atoms with E-state index in [0.29, 0.717) is 0 Å². The molecule has 0 heteroatoms. The monoisotopic (exact) mass is 200 g/mol. The van der Waals surface area contributed by atoms with Crippen LogP contribution < -0.4 is 0 Å². The van der Waals surface area contributed by atoms with E-state index in [-0.39, 0.29) is 0 Å². The van der Waals surface area contributed by atoms with Crippen molar-refractivity contribution in [1.29, 1.82) is 0 Å². The Balaban J connectivity index is 1.65. The summed E-state index contributed by atoms with van der Waals surface area (Å²) in [6, 6.07) is 0. The van der Waals surface area contributed by atoms with Crippen LogP contribution in [0, 0.1) is 40.9 Å². The molecule has 80 valence electrons. The summed E-state index contributed by atoms with van der Waals surface area (Å²) in [4.78, 5) is 0. The molecule has 0 aromatic heterocycles. The average molecular weight is 200 g/mol. The van der Waals surface area contributed by atoms with Crippen molar-refractivity contribution >= 4 is 0 Å². The molecular weight excluding hydrogens is 180 g/mol. The van der Waals surface area contributed by atoms with E-state index in [0.717, 1.165) is 29.1 Å². The second-order valence-electron chi connectivity index (χ2n) is 7.07. The van der Waals surface area contributed by atoms with Crippen molar-refractivity contribution in [3.63, 3.8) is 0 Å². The van der Waals surface area contributed by atoms with Gasteiger partial charge in [0.1, 0.15) is 0 Å². The Morgan fingerprint density at radius 1 is 1.00 bits per heavy atom. The van der Waals surface area contributed by atoms with Crippen molar-refractivity contribution in [3.8, 4) is 0 Å². The molecule has 0 heterocycles. The van der Waals surface area contributed by atoms with E-state index in [1.807, 2.05) is 0 Å². The molecular formula is C15H20. The van der Waals surface area contributed by atoms with Crippen LogP contribution in [0.4, 0.5) is 0 Å². The lowest BCUT2D eigenvalue weighted by Gasteiger charge is -2.31. The molecule has 7 unspecified atom stereocenters. The highest BCUT2D eigenvalue weighted by Crippen LogP contribution is 2.81. The van der Waals surface area contributed by atoms with E-state index in [1.54, 1.807) is 32.1 Å². The first-order valence-electron chi connectivity index (χ1n) is 7.06. The first-order chi connectivity index (χ1) is 7.39. The van der Waals surface area contributed by atoms with Crippen molar-refractivity contribution < 1.29 is 0 Å². The average Bonchev–Trinajstić information content (AvgIpc) is 2.67. The molecule has 15 heavy (non-hydrogen) atoms. The molecule has 0 aromatic carbocycles. The largest absolute Gasteiger partial charge is 0.0876 e. The molecule has 6 aliphatic rings. The van der Waals surface area contributed by atoms with E-state index in [4.69, 9.17) is 0 Å². The highest BCUT2D eigenvalue weighted by molar-refractivity contribution is 5.31. The standard InChI is InChI=1S/C15H20/c1-2-12-11-7-9-3-4-10(6-9)14-13(8-11)15(12,14)5-1/h1-2,9-14H,3-8H2. The van der Waals surface area contributed by atoms with Gasteiger partial charge in [0, 0.05) is 0 Å². The molecule has 6 aliphatic carbocycles. The molecule has 0 amide bonds. The maximum atomic E-state index is 2.62. The molecule has 0 N–H and O–H groups in total. The van der Waals surface area contributed by atoms with Crippen LogP contribution in [0.5, 0.6) is 0 Å². The second-order valence-corrected chi connectivity index (χ2v) is 7.07. The fourth-order valence-corrected chi connectivity index (χ4v) is 6.59. The third-order valence-corrected chi connectivity index (χ3v) is 6.86. The molecule has 0 saturated heterocycles. The molecule has 7 atom stereocenters. The summed E-state index contributed by atoms with van der Waals surface area (Å²) >= 11 is 0. The summed E-state index contributed by atoms with van der Waals surface area (Å²) < 4.78 is 0. The van der Waals surface area contributed by atoms with E-state index in [9.17, 15) is 0 Å². The maximum Gasteiger partial charge on any atom is -0.0132 e. The normalized spacial score (nSPS) is 67.7. The van der Waals surface area contributed by atoms with Gasteiger partial charge in [0.05, 0.1) is 0 Å². The molecule has 6 bridgehead atoms. The smallest absolute Gasteiger partial charge is 0.0132 e. The first kappa shape index (κ1) is 7.92. The van der Waals surface area contributed by atoms with Crippen molar-refractivity contribution in [2.75, 3.05) is 0 Å². The van der Waals surface area contributed by atoms with Gasteiger partial charge in [-0.3, -0.25) is 0 Å². The quantitative estimate of drug-likeness (QED) is 0.524. The lowest BCUT2D eigenvalue weighted by atomic mass is 9.73. The maximum absolute atomic E-state index is 2.62. The van der Waals surface area contributed by atoms with Crippen LogP contribution in [-0.2, 0) is 0 Å². The zero-order valence-electron chi connectivity index (χ0n) is 9.36. The van der Waals surface area contributed by atoms with Crippen LogP contribution in [0.3, 0.4) is 0 Å². The summed E-state index contributed by atoms with van der Waals surface area (Å²) in [5.41, 5.74) is 0.852. The van der Waals surface area contributed by atoms with Gasteiger partial charge in [-0.2, -0.15) is 0 Å². The molecule has 0 aliphatic heterocycles. The number of allylic oxidation sites excluding steroid dienone is 2. The third kappa shape index (κ3) is 0.707. The molecule has 1 spiro atoms. The third-order valence-electron chi connectivity index (χ3n) is 6.86. The van der Waals surface area contributed by atoms with Crippen LogP contribution in [0.2, 0.25) is 0 Å². The van der Waals surface area contributed by atoms with Crippen molar-refractivity contribution in [1.82, 2.24) is 0 Å². The fourth-order valence-electron chi connectivity index (χ4n) is 6.59. The van der Waals surface area contributed by atoms with Gasteiger partial charge in [0.15, 0.2) is 0 Å². The van der Waals surface area contributed by atoms with Gasteiger partial charge in [-0.25, -0.2) is 0 Å². The van der Waals surface area contributed by atoms with Gasteiger partial charge < -0.3 is 0 Å². The van der Waals surface area contributed by atoms with Crippen LogP contribution >= 0.6 is 0 Å². The van der Waals surface area contributed by atoms with E-state index in [1.165, 1.54) is 18.3 Å². The summed E-state index contributed by atoms with van der Waals surface area (Å²) in [5.74, 6) is 6.78. The Morgan fingerprint density at radius 2 is 1.93 bits per heavy atom. The Morgan fingerprint density at radius 3 is 2.93 bits per heavy atom. The highest BCUT2D eigenvalue weighted by atomic mass is 14.8. The van der Waals surface area contributed by atoms with Crippen LogP contribution in [-0.4, -0.2) is 0 Å². The Hall–Kier alpha value is -0.260. The van der Waals surface area contributed by atoms with Gasteiger partial charge in [0.25, 0.3) is 0 Å². The molecule has 0 nitrogen and oxygen atoms in total. The van der Waals surface area contributed by atoms with E-state index < -0.39 is 0 Å². The minimum absolute atomic E-state index is 0.852. The van der Waals surface area contributed by atoms with Crippen LogP contribution in [0.15, 0.2) is 12.2 Å². The van der Waals surface area contributed by atoms with Gasteiger partial charge >= 0.3 is 0 Å². The molecule has 0 aromatic rings. The molecule has 0 radical (unpaired) electrons. The van der Waals surface area contributed by atoms with Crippen molar-refractivity contribution in [3.05, 3.63) is 12.2 Å². The SMILES string of the molecule is C1=CC2C3CC4CCC(C4)C4C(C3)C24C1.